The number of hydrogen-bond acceptors (Lipinski definition) is 4. The fraction of sp³-hybridized carbons (Fsp3) is 0.533. The highest BCUT2D eigenvalue weighted by Crippen LogP contribution is 2.30. The molecule has 0 saturated carbocycles. The maximum Gasteiger partial charge on any atom is 0.435 e. The number of guanidine groups is 1. The van der Waals surface area contributed by atoms with E-state index in [0.29, 0.717) is 19.0 Å². The third-order valence-corrected chi connectivity index (χ3v) is 4.16. The van der Waals surface area contributed by atoms with Crippen molar-refractivity contribution in [3.8, 4) is 0 Å². The van der Waals surface area contributed by atoms with Gasteiger partial charge in [0.15, 0.2) is 11.7 Å². The van der Waals surface area contributed by atoms with E-state index in [1.54, 1.807) is 11.3 Å². The zero-order chi connectivity index (χ0) is 18.6. The summed E-state index contributed by atoms with van der Waals surface area (Å²) in [7, 11) is 3.29. The van der Waals surface area contributed by atoms with Gasteiger partial charge in [-0.15, -0.1) is 35.3 Å². The second kappa shape index (κ2) is 9.53. The summed E-state index contributed by atoms with van der Waals surface area (Å²) in [6, 6.07) is 0. The molecule has 0 aliphatic carbocycles. The van der Waals surface area contributed by atoms with Crippen LogP contribution in [0.5, 0.6) is 0 Å². The van der Waals surface area contributed by atoms with Crippen LogP contribution in [0.15, 0.2) is 16.6 Å². The molecule has 2 aromatic heterocycles. The van der Waals surface area contributed by atoms with Gasteiger partial charge in [-0.25, -0.2) is 9.98 Å². The Morgan fingerprint density at radius 1 is 1.42 bits per heavy atom. The van der Waals surface area contributed by atoms with Crippen LogP contribution in [-0.2, 0) is 26.3 Å². The topological polar surface area (TPSA) is 58.3 Å². The van der Waals surface area contributed by atoms with E-state index >= 15 is 0 Å². The molecule has 2 aromatic rings. The highest BCUT2D eigenvalue weighted by atomic mass is 127. The van der Waals surface area contributed by atoms with Gasteiger partial charge in [-0.1, -0.05) is 0 Å². The molecule has 0 atom stereocenters. The quantitative estimate of drug-likeness (QED) is 0.387. The maximum absolute atomic E-state index is 13.0. The predicted octanol–water partition coefficient (Wildman–Crippen LogP) is 3.42. The van der Waals surface area contributed by atoms with Crippen LogP contribution < -0.4 is 5.32 Å². The van der Waals surface area contributed by atoms with Crippen molar-refractivity contribution < 1.29 is 13.2 Å². The molecule has 0 fully saturated rings. The first-order chi connectivity index (χ1) is 11.7. The van der Waals surface area contributed by atoms with Crippen molar-refractivity contribution in [2.24, 2.45) is 12.0 Å². The number of thiazole rings is 1. The molecule has 0 aliphatic heterocycles. The Kier molecular flexibility index (Phi) is 8.31. The molecule has 0 saturated heterocycles. The molecule has 0 spiro atoms. The molecule has 0 aliphatic rings. The summed E-state index contributed by atoms with van der Waals surface area (Å²) < 4.78 is 40.2. The van der Waals surface area contributed by atoms with Crippen LogP contribution in [0.25, 0.3) is 0 Å². The molecule has 0 aromatic carbocycles. The first kappa shape index (κ1) is 22.7. The van der Waals surface area contributed by atoms with Gasteiger partial charge in [0.05, 0.1) is 23.8 Å². The van der Waals surface area contributed by atoms with E-state index in [1.807, 2.05) is 31.2 Å². The lowest BCUT2D eigenvalue weighted by molar-refractivity contribution is -0.142. The highest BCUT2D eigenvalue weighted by Gasteiger charge is 2.36. The fourth-order valence-electron chi connectivity index (χ4n) is 2.32. The molecular formula is C15H22F3IN6S. The molecule has 0 bridgehead atoms. The number of halogens is 4. The van der Waals surface area contributed by atoms with E-state index in [-0.39, 0.29) is 36.1 Å². The molecule has 0 radical (unpaired) electrons. The third-order valence-electron chi connectivity index (χ3n) is 3.33. The van der Waals surface area contributed by atoms with Gasteiger partial charge < -0.3 is 10.2 Å². The Morgan fingerprint density at radius 3 is 2.65 bits per heavy atom. The number of aryl methyl sites for hydroxylation is 2. The average Bonchev–Trinajstić information content (AvgIpc) is 3.08. The zero-order valence-electron chi connectivity index (χ0n) is 15.0. The van der Waals surface area contributed by atoms with Crippen molar-refractivity contribution in [1.82, 2.24) is 25.0 Å². The summed E-state index contributed by atoms with van der Waals surface area (Å²) in [5.74, 6) is 0.519. The number of aliphatic imine (C=N–C) groups is 1. The predicted molar refractivity (Wildman–Crippen MR) is 107 cm³/mol. The normalized spacial score (nSPS) is 12.0. The zero-order valence-corrected chi connectivity index (χ0v) is 18.1. The van der Waals surface area contributed by atoms with Crippen LogP contribution in [0.4, 0.5) is 13.2 Å². The van der Waals surface area contributed by atoms with E-state index < -0.39 is 11.9 Å². The minimum atomic E-state index is -4.49. The number of rotatable bonds is 5. The van der Waals surface area contributed by atoms with Crippen LogP contribution in [0.1, 0.15) is 28.9 Å². The molecule has 2 rings (SSSR count). The highest BCUT2D eigenvalue weighted by molar-refractivity contribution is 14.0. The van der Waals surface area contributed by atoms with Crippen molar-refractivity contribution in [2.45, 2.75) is 33.1 Å². The lowest BCUT2D eigenvalue weighted by Crippen LogP contribution is -2.38. The first-order valence-electron chi connectivity index (χ1n) is 7.71. The van der Waals surface area contributed by atoms with Crippen molar-refractivity contribution in [1.29, 1.82) is 0 Å². The summed E-state index contributed by atoms with van der Waals surface area (Å²) in [6.07, 6.45) is -3.14. The van der Waals surface area contributed by atoms with Crippen molar-refractivity contribution in [3.63, 3.8) is 0 Å². The van der Waals surface area contributed by atoms with Gasteiger partial charge in [0.2, 0.25) is 0 Å². The molecule has 0 amide bonds. The lowest BCUT2D eigenvalue weighted by Gasteiger charge is -2.21. The second-order valence-electron chi connectivity index (χ2n) is 5.56. The smallest absolute Gasteiger partial charge is 0.357 e. The lowest BCUT2D eigenvalue weighted by atomic mass is 10.2. The van der Waals surface area contributed by atoms with Crippen LogP contribution in [-0.4, -0.2) is 39.2 Å². The molecule has 11 heteroatoms. The summed E-state index contributed by atoms with van der Waals surface area (Å²) in [5, 5.41) is 9.51. The number of alkyl halides is 3. The molecule has 1 N–H and O–H groups in total. The monoisotopic (exact) mass is 502 g/mol. The van der Waals surface area contributed by atoms with Gasteiger partial charge in [0.25, 0.3) is 0 Å². The van der Waals surface area contributed by atoms with E-state index in [4.69, 9.17) is 0 Å². The fourth-order valence-corrected chi connectivity index (χ4v) is 2.92. The van der Waals surface area contributed by atoms with Crippen molar-refractivity contribution in [3.05, 3.63) is 33.5 Å². The molecule has 146 valence electrons. The maximum atomic E-state index is 13.0. The van der Waals surface area contributed by atoms with Crippen LogP contribution >= 0.6 is 35.3 Å². The number of hydrogen-bond donors (Lipinski definition) is 1. The Hall–Kier alpha value is -1.37. The molecule has 6 nitrogen and oxygen atoms in total. The van der Waals surface area contributed by atoms with Crippen LogP contribution in [0, 0.1) is 6.92 Å². The van der Waals surface area contributed by atoms with Gasteiger partial charge in [0, 0.05) is 37.8 Å². The largest absolute Gasteiger partial charge is 0.435 e. The Labute approximate surface area is 171 Å². The summed E-state index contributed by atoms with van der Waals surface area (Å²) >= 11 is 1.56. The number of nitrogens with zero attached hydrogens (tertiary/aromatic N) is 5. The van der Waals surface area contributed by atoms with Crippen molar-refractivity contribution in [2.75, 3.05) is 13.6 Å². The standard InChI is InChI=1S/C15H21F3N6S.HI/c1-5-19-14(23(3)8-12-9-25-10(2)21-12)20-6-11-7-24(4)22-13(11)15(16,17)18;/h7,9H,5-6,8H2,1-4H3,(H,19,20);1H. The summed E-state index contributed by atoms with van der Waals surface area (Å²) in [6.45, 7) is 4.86. The van der Waals surface area contributed by atoms with E-state index in [1.165, 1.54) is 13.2 Å². The first-order valence-corrected chi connectivity index (χ1v) is 8.58. The second-order valence-corrected chi connectivity index (χ2v) is 6.62. The van der Waals surface area contributed by atoms with Crippen LogP contribution in [0.3, 0.4) is 0 Å². The SMILES string of the molecule is CCNC(=NCc1cn(C)nc1C(F)(F)F)N(C)Cc1csc(C)n1.I. The molecule has 0 unspecified atom stereocenters. The Morgan fingerprint density at radius 2 is 2.12 bits per heavy atom. The number of aromatic nitrogens is 3. The average molecular weight is 502 g/mol. The van der Waals surface area contributed by atoms with Gasteiger partial charge in [-0.05, 0) is 13.8 Å². The van der Waals surface area contributed by atoms with Crippen molar-refractivity contribution >= 4 is 41.3 Å². The van der Waals surface area contributed by atoms with Gasteiger partial charge in [0.1, 0.15) is 0 Å². The minimum Gasteiger partial charge on any atom is -0.357 e. The molecule has 2 heterocycles. The third kappa shape index (κ3) is 6.11. The Balaban J connectivity index is 0.00000338. The molecule has 26 heavy (non-hydrogen) atoms. The van der Waals surface area contributed by atoms with E-state index in [0.717, 1.165) is 15.4 Å². The van der Waals surface area contributed by atoms with Crippen LogP contribution in [0.2, 0.25) is 0 Å². The van der Waals surface area contributed by atoms with E-state index in [2.05, 4.69) is 20.4 Å². The summed E-state index contributed by atoms with van der Waals surface area (Å²) in [5.41, 5.74) is 0.0450. The molecular weight excluding hydrogens is 480 g/mol. The van der Waals surface area contributed by atoms with E-state index in [9.17, 15) is 13.2 Å². The minimum absolute atomic E-state index is 0. The Bertz CT molecular complexity index is 740. The number of nitrogens with one attached hydrogen (secondary N) is 1. The summed E-state index contributed by atoms with van der Waals surface area (Å²) in [4.78, 5) is 10.6. The van der Waals surface area contributed by atoms with Gasteiger partial charge in [-0.3, -0.25) is 4.68 Å². The van der Waals surface area contributed by atoms with Gasteiger partial charge >= 0.3 is 6.18 Å². The van der Waals surface area contributed by atoms with Gasteiger partial charge in [-0.2, -0.15) is 18.3 Å².